The van der Waals surface area contributed by atoms with E-state index in [1.807, 2.05) is 0 Å². The second kappa shape index (κ2) is 6.25. The molecule has 2 heterocycles. The number of likely N-dealkylation sites (tertiary alicyclic amines) is 1. The van der Waals surface area contributed by atoms with Crippen molar-refractivity contribution in [1.29, 1.82) is 0 Å². The summed E-state index contributed by atoms with van der Waals surface area (Å²) in [5.74, 6) is 2.00. The Morgan fingerprint density at radius 3 is 2.53 bits per heavy atom. The summed E-state index contributed by atoms with van der Waals surface area (Å²) in [7, 11) is 0. The van der Waals surface area contributed by atoms with E-state index in [2.05, 4.69) is 31.0 Å². The molecule has 1 amide bonds. The van der Waals surface area contributed by atoms with E-state index in [4.69, 9.17) is 0 Å². The van der Waals surface area contributed by atoms with Gasteiger partial charge in [-0.3, -0.25) is 4.79 Å². The molecule has 0 aliphatic carbocycles. The molecule has 1 unspecified atom stereocenters. The summed E-state index contributed by atoms with van der Waals surface area (Å²) in [6.07, 6.45) is 5.57. The maximum Gasteiger partial charge on any atom is 0.230 e. The zero-order valence-corrected chi connectivity index (χ0v) is 12.9. The predicted octanol–water partition coefficient (Wildman–Crippen LogP) is 2.66. The Morgan fingerprint density at radius 2 is 2.05 bits per heavy atom. The Labute approximate surface area is 118 Å². The van der Waals surface area contributed by atoms with Gasteiger partial charge in [0.05, 0.1) is 5.41 Å². The van der Waals surface area contributed by atoms with E-state index >= 15 is 0 Å². The monoisotopic (exact) mass is 266 g/mol. The van der Waals surface area contributed by atoms with Gasteiger partial charge in [-0.05, 0) is 44.1 Å². The van der Waals surface area contributed by atoms with Crippen LogP contribution in [0.4, 0.5) is 0 Å². The van der Waals surface area contributed by atoms with Gasteiger partial charge < -0.3 is 10.2 Å². The third-order valence-electron chi connectivity index (χ3n) is 5.20. The van der Waals surface area contributed by atoms with Crippen molar-refractivity contribution < 1.29 is 4.79 Å². The van der Waals surface area contributed by atoms with E-state index in [9.17, 15) is 4.79 Å². The number of nitrogens with zero attached hydrogens (tertiary/aromatic N) is 1. The molecule has 110 valence electrons. The number of hydrogen-bond donors (Lipinski definition) is 1. The van der Waals surface area contributed by atoms with Crippen LogP contribution in [0.2, 0.25) is 0 Å². The van der Waals surface area contributed by atoms with Crippen molar-refractivity contribution in [2.24, 2.45) is 17.3 Å². The van der Waals surface area contributed by atoms with Crippen LogP contribution in [0.5, 0.6) is 0 Å². The molecule has 0 bridgehead atoms. The molecule has 19 heavy (non-hydrogen) atoms. The van der Waals surface area contributed by atoms with Crippen molar-refractivity contribution in [2.75, 3.05) is 26.2 Å². The minimum absolute atomic E-state index is 0.0839. The Bertz CT molecular complexity index is 300. The van der Waals surface area contributed by atoms with Crippen LogP contribution in [0.25, 0.3) is 0 Å². The largest absolute Gasteiger partial charge is 0.342 e. The zero-order valence-electron chi connectivity index (χ0n) is 12.9. The molecule has 0 aromatic heterocycles. The zero-order chi connectivity index (χ0) is 13.9. The first-order valence-corrected chi connectivity index (χ1v) is 8.09. The average molecular weight is 266 g/mol. The normalized spacial score (nSPS) is 29.2. The second-order valence-corrected chi connectivity index (χ2v) is 6.83. The van der Waals surface area contributed by atoms with Gasteiger partial charge in [0.25, 0.3) is 0 Å². The van der Waals surface area contributed by atoms with Crippen molar-refractivity contribution in [3.63, 3.8) is 0 Å². The summed E-state index contributed by atoms with van der Waals surface area (Å²) in [6.45, 7) is 10.7. The number of piperidine rings is 1. The molecule has 3 nitrogen and oxygen atoms in total. The maximum absolute atomic E-state index is 12.9. The lowest BCUT2D eigenvalue weighted by atomic mass is 9.79. The molecule has 1 N–H and O–H groups in total. The van der Waals surface area contributed by atoms with Crippen molar-refractivity contribution in [3.05, 3.63) is 0 Å². The molecule has 0 aromatic carbocycles. The summed E-state index contributed by atoms with van der Waals surface area (Å²) in [6, 6.07) is 0. The third kappa shape index (κ3) is 3.13. The molecule has 2 aliphatic heterocycles. The smallest absolute Gasteiger partial charge is 0.230 e. The van der Waals surface area contributed by atoms with Gasteiger partial charge in [0.1, 0.15) is 0 Å². The number of carbonyl (C=O) groups is 1. The van der Waals surface area contributed by atoms with E-state index in [1.165, 1.54) is 12.8 Å². The summed E-state index contributed by atoms with van der Waals surface area (Å²) >= 11 is 0. The fourth-order valence-electron chi connectivity index (χ4n) is 3.83. The SMILES string of the molecule is CCCC1(C(=O)N2CCC(C(C)C)CC2)CCNC1. The molecule has 2 aliphatic rings. The Morgan fingerprint density at radius 1 is 1.37 bits per heavy atom. The molecule has 2 saturated heterocycles. The summed E-state index contributed by atoms with van der Waals surface area (Å²) in [4.78, 5) is 15.0. The van der Waals surface area contributed by atoms with Crippen molar-refractivity contribution >= 4 is 5.91 Å². The fraction of sp³-hybridized carbons (Fsp3) is 0.938. The predicted molar refractivity (Wildman–Crippen MR) is 79.0 cm³/mol. The van der Waals surface area contributed by atoms with Gasteiger partial charge in [-0.1, -0.05) is 27.2 Å². The van der Waals surface area contributed by atoms with Crippen LogP contribution in [-0.2, 0) is 4.79 Å². The summed E-state index contributed by atoms with van der Waals surface area (Å²) in [5.41, 5.74) is -0.0839. The van der Waals surface area contributed by atoms with Gasteiger partial charge in [-0.15, -0.1) is 0 Å². The van der Waals surface area contributed by atoms with Gasteiger partial charge in [0, 0.05) is 19.6 Å². The van der Waals surface area contributed by atoms with Gasteiger partial charge in [-0.25, -0.2) is 0 Å². The third-order valence-corrected chi connectivity index (χ3v) is 5.20. The highest BCUT2D eigenvalue weighted by molar-refractivity contribution is 5.83. The Balaban J connectivity index is 1.96. The van der Waals surface area contributed by atoms with Crippen LogP contribution >= 0.6 is 0 Å². The van der Waals surface area contributed by atoms with E-state index in [1.54, 1.807) is 0 Å². The molecule has 0 radical (unpaired) electrons. The molecule has 0 aromatic rings. The van der Waals surface area contributed by atoms with Crippen LogP contribution < -0.4 is 5.32 Å². The number of hydrogen-bond acceptors (Lipinski definition) is 2. The van der Waals surface area contributed by atoms with Crippen LogP contribution in [0.15, 0.2) is 0 Å². The van der Waals surface area contributed by atoms with Crippen LogP contribution in [0, 0.1) is 17.3 Å². The van der Waals surface area contributed by atoms with E-state index in [-0.39, 0.29) is 5.41 Å². The number of nitrogens with one attached hydrogen (secondary N) is 1. The Kier molecular flexibility index (Phi) is 4.88. The first kappa shape index (κ1) is 14.8. The quantitative estimate of drug-likeness (QED) is 0.848. The fourth-order valence-corrected chi connectivity index (χ4v) is 3.83. The van der Waals surface area contributed by atoms with E-state index in [0.29, 0.717) is 5.91 Å². The molecule has 3 heteroatoms. The molecule has 2 rings (SSSR count). The molecule has 2 fully saturated rings. The molecule has 1 atom stereocenters. The Hall–Kier alpha value is -0.570. The molecular weight excluding hydrogens is 236 g/mol. The highest BCUT2D eigenvalue weighted by Crippen LogP contribution is 2.35. The lowest BCUT2D eigenvalue weighted by Gasteiger charge is -2.39. The number of amides is 1. The lowest BCUT2D eigenvalue weighted by molar-refractivity contribution is -0.143. The van der Waals surface area contributed by atoms with Gasteiger partial charge in [0.2, 0.25) is 5.91 Å². The van der Waals surface area contributed by atoms with E-state index in [0.717, 1.165) is 57.3 Å². The van der Waals surface area contributed by atoms with Crippen molar-refractivity contribution in [1.82, 2.24) is 10.2 Å². The summed E-state index contributed by atoms with van der Waals surface area (Å²) < 4.78 is 0. The maximum atomic E-state index is 12.9. The lowest BCUT2D eigenvalue weighted by Crippen LogP contribution is -2.48. The molecular formula is C16H30N2O. The van der Waals surface area contributed by atoms with Gasteiger partial charge >= 0.3 is 0 Å². The standard InChI is InChI=1S/C16H30N2O/c1-4-7-16(8-9-17-12-16)15(19)18-10-5-14(6-11-18)13(2)3/h13-14,17H,4-12H2,1-3H3. The van der Waals surface area contributed by atoms with Gasteiger partial charge in [-0.2, -0.15) is 0 Å². The average Bonchev–Trinajstić information content (AvgIpc) is 2.88. The number of rotatable bonds is 4. The highest BCUT2D eigenvalue weighted by Gasteiger charge is 2.43. The van der Waals surface area contributed by atoms with Crippen LogP contribution in [-0.4, -0.2) is 37.0 Å². The second-order valence-electron chi connectivity index (χ2n) is 6.83. The first-order chi connectivity index (χ1) is 9.09. The van der Waals surface area contributed by atoms with Crippen molar-refractivity contribution in [2.45, 2.75) is 52.9 Å². The van der Waals surface area contributed by atoms with E-state index < -0.39 is 0 Å². The van der Waals surface area contributed by atoms with Gasteiger partial charge in [0.15, 0.2) is 0 Å². The summed E-state index contributed by atoms with van der Waals surface area (Å²) in [5, 5.41) is 3.40. The van der Waals surface area contributed by atoms with Crippen molar-refractivity contribution in [3.8, 4) is 0 Å². The number of carbonyl (C=O) groups excluding carboxylic acids is 1. The topological polar surface area (TPSA) is 32.3 Å². The highest BCUT2D eigenvalue weighted by atomic mass is 16.2. The first-order valence-electron chi connectivity index (χ1n) is 8.09. The minimum atomic E-state index is -0.0839. The van der Waals surface area contributed by atoms with Crippen LogP contribution in [0.3, 0.4) is 0 Å². The molecule has 0 spiro atoms. The minimum Gasteiger partial charge on any atom is -0.342 e. The van der Waals surface area contributed by atoms with Crippen LogP contribution in [0.1, 0.15) is 52.9 Å². The molecule has 0 saturated carbocycles.